The van der Waals surface area contributed by atoms with Crippen molar-refractivity contribution in [3.63, 3.8) is 0 Å². The second-order valence-corrected chi connectivity index (χ2v) is 8.48. The van der Waals surface area contributed by atoms with Gasteiger partial charge in [0.1, 0.15) is 5.82 Å². The SMILES string of the molecule is CC(C)CN1CCC(F)(C(=O)Nc2cc3nc(-c4cnn(C)c4)ccc3cn2)CC1. The highest BCUT2D eigenvalue weighted by molar-refractivity contribution is 5.97. The van der Waals surface area contributed by atoms with Crippen LogP contribution in [0.1, 0.15) is 26.7 Å². The molecule has 1 N–H and O–H groups in total. The van der Waals surface area contributed by atoms with E-state index in [0.717, 1.165) is 23.2 Å². The van der Waals surface area contributed by atoms with E-state index in [-0.39, 0.29) is 12.8 Å². The lowest BCUT2D eigenvalue weighted by molar-refractivity contribution is -0.130. The van der Waals surface area contributed by atoms with Crippen molar-refractivity contribution in [1.82, 2.24) is 24.6 Å². The molecule has 0 aromatic carbocycles. The smallest absolute Gasteiger partial charge is 0.263 e. The van der Waals surface area contributed by atoms with Gasteiger partial charge in [-0.05, 0) is 18.1 Å². The summed E-state index contributed by atoms with van der Waals surface area (Å²) < 4.78 is 17.0. The first-order chi connectivity index (χ1) is 14.3. The Kier molecular flexibility index (Phi) is 5.51. The topological polar surface area (TPSA) is 75.9 Å². The number of fused-ring (bicyclic) bond motifs is 1. The number of carbonyl (C=O) groups excluding carboxylic acids is 1. The van der Waals surface area contributed by atoms with Crippen molar-refractivity contribution in [2.45, 2.75) is 32.4 Å². The maximum absolute atomic E-state index is 15.3. The normalized spacial score (nSPS) is 16.8. The molecule has 30 heavy (non-hydrogen) atoms. The predicted molar refractivity (Wildman–Crippen MR) is 115 cm³/mol. The largest absolute Gasteiger partial charge is 0.308 e. The summed E-state index contributed by atoms with van der Waals surface area (Å²) in [6.07, 6.45) is 5.67. The molecule has 158 valence electrons. The highest BCUT2D eigenvalue weighted by Crippen LogP contribution is 2.29. The van der Waals surface area contributed by atoms with E-state index in [1.54, 1.807) is 23.1 Å². The zero-order chi connectivity index (χ0) is 21.3. The van der Waals surface area contributed by atoms with Crippen molar-refractivity contribution in [2.75, 3.05) is 25.0 Å². The molecule has 1 aliphatic heterocycles. The molecule has 3 aromatic heterocycles. The molecule has 0 saturated carbocycles. The van der Waals surface area contributed by atoms with Gasteiger partial charge in [0.15, 0.2) is 5.67 Å². The summed E-state index contributed by atoms with van der Waals surface area (Å²) in [4.78, 5) is 23.8. The Balaban J connectivity index is 1.48. The molecular formula is C22H27FN6O. The number of anilines is 1. The van der Waals surface area contributed by atoms with Gasteiger partial charge in [0.25, 0.3) is 5.91 Å². The number of nitrogens with zero attached hydrogens (tertiary/aromatic N) is 5. The van der Waals surface area contributed by atoms with Gasteiger partial charge in [0.05, 0.1) is 17.4 Å². The predicted octanol–water partition coefficient (Wildman–Crippen LogP) is 3.43. The van der Waals surface area contributed by atoms with Crippen molar-refractivity contribution in [1.29, 1.82) is 0 Å². The minimum atomic E-state index is -1.87. The Morgan fingerprint density at radius 1 is 1.27 bits per heavy atom. The van der Waals surface area contributed by atoms with E-state index in [0.29, 0.717) is 30.3 Å². The Morgan fingerprint density at radius 3 is 2.70 bits per heavy atom. The Bertz CT molecular complexity index is 1050. The molecule has 4 rings (SSSR count). The lowest BCUT2D eigenvalue weighted by atomic mass is 9.92. The molecule has 1 saturated heterocycles. The quantitative estimate of drug-likeness (QED) is 0.697. The number of halogens is 1. The molecule has 4 heterocycles. The molecule has 0 unspecified atom stereocenters. The fourth-order valence-electron chi connectivity index (χ4n) is 3.86. The summed E-state index contributed by atoms with van der Waals surface area (Å²) in [6, 6.07) is 5.51. The third-order valence-electron chi connectivity index (χ3n) is 5.49. The number of likely N-dealkylation sites (tertiary alicyclic amines) is 1. The van der Waals surface area contributed by atoms with Crippen LogP contribution in [0, 0.1) is 5.92 Å². The van der Waals surface area contributed by atoms with Gasteiger partial charge in [-0.3, -0.25) is 9.48 Å². The van der Waals surface area contributed by atoms with E-state index >= 15 is 4.39 Å². The maximum Gasteiger partial charge on any atom is 0.263 e. The van der Waals surface area contributed by atoms with Crippen LogP contribution in [0.3, 0.4) is 0 Å². The van der Waals surface area contributed by atoms with E-state index in [9.17, 15) is 4.79 Å². The molecule has 1 amide bonds. The molecule has 0 aliphatic carbocycles. The van der Waals surface area contributed by atoms with Gasteiger partial charge in [-0.1, -0.05) is 13.8 Å². The highest BCUT2D eigenvalue weighted by atomic mass is 19.1. The van der Waals surface area contributed by atoms with Crippen LogP contribution >= 0.6 is 0 Å². The van der Waals surface area contributed by atoms with Crippen molar-refractivity contribution in [3.8, 4) is 11.3 Å². The van der Waals surface area contributed by atoms with E-state index < -0.39 is 11.6 Å². The minimum Gasteiger partial charge on any atom is -0.308 e. The monoisotopic (exact) mass is 410 g/mol. The van der Waals surface area contributed by atoms with Gasteiger partial charge in [-0.15, -0.1) is 0 Å². The van der Waals surface area contributed by atoms with E-state index in [2.05, 4.69) is 39.1 Å². The molecule has 3 aromatic rings. The molecule has 0 bridgehead atoms. The second kappa shape index (κ2) is 8.10. The maximum atomic E-state index is 15.3. The number of hydrogen-bond acceptors (Lipinski definition) is 5. The van der Waals surface area contributed by atoms with Crippen LogP contribution in [0.15, 0.2) is 36.8 Å². The van der Waals surface area contributed by atoms with Gasteiger partial charge in [-0.2, -0.15) is 5.10 Å². The Hall–Kier alpha value is -2.87. The average molecular weight is 410 g/mol. The van der Waals surface area contributed by atoms with Gasteiger partial charge >= 0.3 is 0 Å². The minimum absolute atomic E-state index is 0.197. The van der Waals surface area contributed by atoms with Crippen LogP contribution < -0.4 is 5.32 Å². The van der Waals surface area contributed by atoms with Gasteiger partial charge < -0.3 is 10.2 Å². The third kappa shape index (κ3) is 4.33. The summed E-state index contributed by atoms with van der Waals surface area (Å²) in [5.41, 5.74) is 0.493. The van der Waals surface area contributed by atoms with Crippen LogP contribution in [0.2, 0.25) is 0 Å². The standard InChI is InChI=1S/C22H27FN6O/c1-15(2)13-29-8-6-22(23,7-9-29)21(30)27-20-10-19-16(11-24-20)4-5-18(26-19)17-12-25-28(3)14-17/h4-5,10-12,14-15H,6-9,13H2,1-3H3,(H,24,27,30). The molecule has 1 aliphatic rings. The summed E-state index contributed by atoms with van der Waals surface area (Å²) in [5, 5.41) is 7.68. The number of alkyl halides is 1. The lowest BCUT2D eigenvalue weighted by Gasteiger charge is -2.36. The van der Waals surface area contributed by atoms with Crippen molar-refractivity contribution < 1.29 is 9.18 Å². The Morgan fingerprint density at radius 2 is 2.03 bits per heavy atom. The second-order valence-electron chi connectivity index (χ2n) is 8.48. The molecule has 0 spiro atoms. The fraction of sp³-hybridized carbons (Fsp3) is 0.455. The fourth-order valence-corrected chi connectivity index (χ4v) is 3.86. The number of aryl methyl sites for hydroxylation is 1. The van der Waals surface area contributed by atoms with Crippen LogP contribution in [0.4, 0.5) is 10.2 Å². The number of rotatable bonds is 5. The Labute approximate surface area is 175 Å². The van der Waals surface area contributed by atoms with Gasteiger partial charge in [-0.25, -0.2) is 14.4 Å². The van der Waals surface area contributed by atoms with Crippen LogP contribution in [-0.2, 0) is 11.8 Å². The molecule has 1 fully saturated rings. The molecule has 7 nitrogen and oxygen atoms in total. The first kappa shape index (κ1) is 20.4. The number of carbonyl (C=O) groups is 1. The molecule has 0 radical (unpaired) electrons. The van der Waals surface area contributed by atoms with E-state index in [1.807, 2.05) is 25.4 Å². The third-order valence-corrected chi connectivity index (χ3v) is 5.49. The zero-order valence-electron chi connectivity index (χ0n) is 17.6. The molecule has 0 atom stereocenters. The summed E-state index contributed by atoms with van der Waals surface area (Å²) in [5.74, 6) is 0.212. The van der Waals surface area contributed by atoms with Gasteiger partial charge in [0.2, 0.25) is 0 Å². The van der Waals surface area contributed by atoms with E-state index in [4.69, 9.17) is 0 Å². The highest BCUT2D eigenvalue weighted by Gasteiger charge is 2.41. The average Bonchev–Trinajstić information content (AvgIpc) is 3.15. The van der Waals surface area contributed by atoms with Crippen LogP contribution in [-0.4, -0.2) is 55.9 Å². The number of hydrogen-bond donors (Lipinski definition) is 1. The number of piperidine rings is 1. The summed E-state index contributed by atoms with van der Waals surface area (Å²) in [7, 11) is 1.85. The van der Waals surface area contributed by atoms with Crippen LogP contribution in [0.5, 0.6) is 0 Å². The van der Waals surface area contributed by atoms with Crippen LogP contribution in [0.25, 0.3) is 22.2 Å². The van der Waals surface area contributed by atoms with Crippen molar-refractivity contribution >= 4 is 22.6 Å². The summed E-state index contributed by atoms with van der Waals surface area (Å²) >= 11 is 0. The first-order valence-electron chi connectivity index (χ1n) is 10.3. The van der Waals surface area contributed by atoms with E-state index in [1.165, 1.54) is 0 Å². The molecule has 8 heteroatoms. The first-order valence-corrected chi connectivity index (χ1v) is 10.3. The number of pyridine rings is 2. The number of nitrogens with one attached hydrogen (secondary N) is 1. The zero-order valence-corrected chi connectivity index (χ0v) is 17.6. The van der Waals surface area contributed by atoms with Gasteiger partial charge in [0, 0.05) is 68.9 Å². The number of aromatic nitrogens is 4. The number of amides is 1. The summed E-state index contributed by atoms with van der Waals surface area (Å²) in [6.45, 7) is 6.38. The lowest BCUT2D eigenvalue weighted by Crippen LogP contribution is -2.49. The van der Waals surface area contributed by atoms with Crippen molar-refractivity contribution in [3.05, 3.63) is 36.8 Å². The molecular weight excluding hydrogens is 383 g/mol. The van der Waals surface area contributed by atoms with Crippen molar-refractivity contribution in [2.24, 2.45) is 13.0 Å².